The molecule has 0 radical (unpaired) electrons. The number of carbonyl (C=O) groups excluding carboxylic acids is 1. The summed E-state index contributed by atoms with van der Waals surface area (Å²) in [6.45, 7) is 6.60. The van der Waals surface area contributed by atoms with Crippen LogP contribution in [0.4, 0.5) is 10.5 Å². The Morgan fingerprint density at radius 3 is 2.31 bits per heavy atom. The van der Waals surface area contributed by atoms with E-state index in [4.69, 9.17) is 4.74 Å². The van der Waals surface area contributed by atoms with Crippen molar-refractivity contribution in [2.24, 2.45) is 0 Å². The van der Waals surface area contributed by atoms with Gasteiger partial charge in [-0.2, -0.15) is 0 Å². The molecule has 3 N–H and O–H groups in total. The number of H-pyrrole nitrogens is 1. The molecule has 1 heterocycles. The van der Waals surface area contributed by atoms with Gasteiger partial charge in [0.2, 0.25) is 0 Å². The molecule has 5 heteroatoms. The van der Waals surface area contributed by atoms with Gasteiger partial charge in [0.25, 0.3) is 0 Å². The number of hydrogen-bond donors (Lipinski definition) is 3. The fourth-order valence-electron chi connectivity index (χ4n) is 3.78. The van der Waals surface area contributed by atoms with Gasteiger partial charge in [0.1, 0.15) is 0 Å². The molecule has 0 fully saturated rings. The Morgan fingerprint density at radius 2 is 1.59 bits per heavy atom. The van der Waals surface area contributed by atoms with Gasteiger partial charge in [-0.15, -0.1) is 0 Å². The van der Waals surface area contributed by atoms with Crippen LogP contribution in [0, 0.1) is 0 Å². The topological polar surface area (TPSA) is 66.2 Å². The highest BCUT2D eigenvalue weighted by molar-refractivity contribution is 6.11. The predicted octanol–water partition coefficient (Wildman–Crippen LogP) is 5.97. The van der Waals surface area contributed by atoms with E-state index in [2.05, 4.69) is 66.9 Å². The summed E-state index contributed by atoms with van der Waals surface area (Å²) in [6.07, 6.45) is -0.543. The number of nitrogens with one attached hydrogen (secondary N) is 3. The number of hydrogen-bond acceptors (Lipinski definition) is 3. The summed E-state index contributed by atoms with van der Waals surface area (Å²) >= 11 is 0. The van der Waals surface area contributed by atoms with Crippen LogP contribution in [-0.4, -0.2) is 18.2 Å². The number of rotatable bonds is 3. The Kier molecular flexibility index (Phi) is 4.66. The van der Waals surface area contributed by atoms with Gasteiger partial charge in [0, 0.05) is 33.1 Å². The number of hydrazine groups is 1. The molecule has 0 spiro atoms. The zero-order chi connectivity index (χ0) is 20.6. The smallest absolute Gasteiger partial charge is 0.425 e. The van der Waals surface area contributed by atoms with E-state index < -0.39 is 6.09 Å². The molecular weight excluding hydrogens is 362 g/mol. The molecule has 0 unspecified atom stereocenters. The van der Waals surface area contributed by atoms with E-state index in [1.807, 2.05) is 30.3 Å². The minimum absolute atomic E-state index is 0.0989. The lowest BCUT2D eigenvalue weighted by atomic mass is 9.84. The molecule has 1 amide bonds. The van der Waals surface area contributed by atoms with Crippen molar-refractivity contribution in [2.75, 3.05) is 12.5 Å². The van der Waals surface area contributed by atoms with Gasteiger partial charge < -0.3 is 9.72 Å². The lowest BCUT2D eigenvalue weighted by Gasteiger charge is -2.22. The molecule has 148 valence electrons. The molecule has 0 saturated heterocycles. The fraction of sp³-hybridized carbons (Fsp3) is 0.208. The Hall–Kier alpha value is -3.47. The maximum absolute atomic E-state index is 11.7. The number of amides is 1. The van der Waals surface area contributed by atoms with Gasteiger partial charge in [-0.1, -0.05) is 69.3 Å². The fourth-order valence-corrected chi connectivity index (χ4v) is 3.78. The number of para-hydroxylation sites is 1. The van der Waals surface area contributed by atoms with Crippen molar-refractivity contribution in [3.8, 4) is 11.1 Å². The highest BCUT2D eigenvalue weighted by atomic mass is 16.5. The summed E-state index contributed by atoms with van der Waals surface area (Å²) in [5, 5.41) is 3.39. The van der Waals surface area contributed by atoms with Gasteiger partial charge >= 0.3 is 6.09 Å². The molecule has 4 rings (SSSR count). The van der Waals surface area contributed by atoms with Crippen molar-refractivity contribution in [1.82, 2.24) is 10.4 Å². The molecule has 0 bridgehead atoms. The highest BCUT2D eigenvalue weighted by Crippen LogP contribution is 2.44. The molecule has 4 aromatic rings. The predicted molar refractivity (Wildman–Crippen MR) is 119 cm³/mol. The second-order valence-electron chi connectivity index (χ2n) is 8.12. The Morgan fingerprint density at radius 1 is 0.897 bits per heavy atom. The minimum Gasteiger partial charge on any atom is -0.452 e. The molecule has 0 aliphatic heterocycles. The number of aromatic amines is 1. The van der Waals surface area contributed by atoms with Crippen LogP contribution in [0.5, 0.6) is 0 Å². The van der Waals surface area contributed by atoms with Crippen molar-refractivity contribution in [3.05, 3.63) is 66.4 Å². The lowest BCUT2D eigenvalue weighted by Crippen LogP contribution is -2.29. The third kappa shape index (κ3) is 3.40. The first kappa shape index (κ1) is 18.9. The van der Waals surface area contributed by atoms with Crippen LogP contribution >= 0.6 is 0 Å². The first-order valence-electron chi connectivity index (χ1n) is 9.63. The summed E-state index contributed by atoms with van der Waals surface area (Å²) in [6, 6.07) is 20.6. The third-order valence-electron chi connectivity index (χ3n) is 5.12. The van der Waals surface area contributed by atoms with E-state index in [1.54, 1.807) is 0 Å². The second kappa shape index (κ2) is 7.17. The van der Waals surface area contributed by atoms with E-state index in [0.717, 1.165) is 44.2 Å². The van der Waals surface area contributed by atoms with Crippen LogP contribution in [0.3, 0.4) is 0 Å². The molecule has 5 nitrogen and oxygen atoms in total. The van der Waals surface area contributed by atoms with Crippen LogP contribution < -0.4 is 10.9 Å². The first-order chi connectivity index (χ1) is 13.9. The SMILES string of the molecule is COC(=O)NNc1ccc2ccccc2c1-c1c(C(C)(C)C)[nH]c2ccccc12. The largest absolute Gasteiger partial charge is 0.452 e. The summed E-state index contributed by atoms with van der Waals surface area (Å²) in [4.78, 5) is 15.3. The molecule has 0 aliphatic carbocycles. The van der Waals surface area contributed by atoms with Crippen molar-refractivity contribution in [3.63, 3.8) is 0 Å². The monoisotopic (exact) mass is 387 g/mol. The van der Waals surface area contributed by atoms with E-state index in [1.165, 1.54) is 7.11 Å². The lowest BCUT2D eigenvalue weighted by molar-refractivity contribution is 0.173. The van der Waals surface area contributed by atoms with Gasteiger partial charge in [-0.3, -0.25) is 5.43 Å². The standard InChI is InChI=1S/C24H25N3O2/c1-24(2,3)22-21(17-11-7-8-12-18(17)25-22)20-16-10-6-5-9-15(16)13-14-19(20)26-27-23(28)29-4/h5-14,25-26H,1-4H3,(H,27,28). The molecule has 29 heavy (non-hydrogen) atoms. The Balaban J connectivity index is 2.06. The van der Waals surface area contributed by atoms with Crippen molar-refractivity contribution in [1.29, 1.82) is 0 Å². The second-order valence-corrected chi connectivity index (χ2v) is 8.12. The van der Waals surface area contributed by atoms with Crippen molar-refractivity contribution in [2.45, 2.75) is 26.2 Å². The number of anilines is 1. The summed E-state index contributed by atoms with van der Waals surface area (Å²) in [5.74, 6) is 0. The Bertz CT molecular complexity index is 1200. The quantitative estimate of drug-likeness (QED) is 0.380. The van der Waals surface area contributed by atoms with Gasteiger partial charge in [-0.05, 0) is 22.9 Å². The minimum atomic E-state index is -0.543. The van der Waals surface area contributed by atoms with Crippen LogP contribution in [-0.2, 0) is 10.2 Å². The maximum Gasteiger partial charge on any atom is 0.425 e. The van der Waals surface area contributed by atoms with Crippen LogP contribution in [0.15, 0.2) is 60.7 Å². The summed E-state index contributed by atoms with van der Waals surface area (Å²) < 4.78 is 4.72. The summed E-state index contributed by atoms with van der Waals surface area (Å²) in [5.41, 5.74) is 10.8. The molecule has 0 atom stereocenters. The average molecular weight is 387 g/mol. The number of methoxy groups -OCH3 is 1. The number of fused-ring (bicyclic) bond motifs is 2. The Labute approximate surface area is 170 Å². The molecule has 3 aromatic carbocycles. The van der Waals surface area contributed by atoms with Gasteiger partial charge in [0.05, 0.1) is 12.8 Å². The van der Waals surface area contributed by atoms with E-state index in [-0.39, 0.29) is 5.41 Å². The molecule has 0 saturated carbocycles. The van der Waals surface area contributed by atoms with Crippen LogP contribution in [0.25, 0.3) is 32.8 Å². The molecule has 0 aliphatic rings. The normalized spacial score (nSPS) is 11.6. The summed E-state index contributed by atoms with van der Waals surface area (Å²) in [7, 11) is 1.34. The zero-order valence-electron chi connectivity index (χ0n) is 17.1. The van der Waals surface area contributed by atoms with Crippen molar-refractivity contribution >= 4 is 33.5 Å². The van der Waals surface area contributed by atoms with E-state index >= 15 is 0 Å². The van der Waals surface area contributed by atoms with Crippen LogP contribution in [0.1, 0.15) is 26.5 Å². The highest BCUT2D eigenvalue weighted by Gasteiger charge is 2.26. The van der Waals surface area contributed by atoms with Crippen molar-refractivity contribution < 1.29 is 9.53 Å². The average Bonchev–Trinajstić information content (AvgIpc) is 3.11. The van der Waals surface area contributed by atoms with Crippen LogP contribution in [0.2, 0.25) is 0 Å². The zero-order valence-corrected chi connectivity index (χ0v) is 17.1. The number of ether oxygens (including phenoxy) is 1. The number of benzene rings is 3. The number of aromatic nitrogens is 1. The van der Waals surface area contributed by atoms with E-state index in [0.29, 0.717) is 0 Å². The number of carbonyl (C=O) groups is 1. The van der Waals surface area contributed by atoms with Gasteiger partial charge in [-0.25, -0.2) is 10.2 Å². The first-order valence-corrected chi connectivity index (χ1v) is 9.63. The third-order valence-corrected chi connectivity index (χ3v) is 5.12. The van der Waals surface area contributed by atoms with Gasteiger partial charge in [0.15, 0.2) is 0 Å². The van der Waals surface area contributed by atoms with E-state index in [9.17, 15) is 4.79 Å². The molecule has 1 aromatic heterocycles. The molecular formula is C24H25N3O2. The maximum atomic E-state index is 11.7.